The summed E-state index contributed by atoms with van der Waals surface area (Å²) in [6.45, 7) is 0. The summed E-state index contributed by atoms with van der Waals surface area (Å²) in [5, 5.41) is 0. The topological polar surface area (TPSA) is 0 Å². The van der Waals surface area contributed by atoms with Crippen molar-refractivity contribution in [2.24, 2.45) is 0 Å². The lowest BCUT2D eigenvalue weighted by Crippen LogP contribution is -2.12. The van der Waals surface area contributed by atoms with E-state index in [-0.39, 0.29) is 0 Å². The molecule has 0 bridgehead atoms. The van der Waals surface area contributed by atoms with Crippen LogP contribution < -0.4 is 0 Å². The van der Waals surface area contributed by atoms with Gasteiger partial charge in [-0.25, -0.2) is 0 Å². The zero-order valence-corrected chi connectivity index (χ0v) is 5.39. The molecular formula is C5H9F2S+. The van der Waals surface area contributed by atoms with E-state index in [4.69, 9.17) is 0 Å². The van der Waals surface area contributed by atoms with E-state index in [0.717, 1.165) is 24.3 Å². The molecule has 0 N–H and O–H groups in total. The van der Waals surface area contributed by atoms with Gasteiger partial charge in [0.15, 0.2) is 0 Å². The normalized spacial score (nSPS) is 22.9. The maximum atomic E-state index is 11.8. The molecule has 3 heteroatoms. The van der Waals surface area contributed by atoms with E-state index >= 15 is 0 Å². The van der Waals surface area contributed by atoms with Gasteiger partial charge < -0.3 is 0 Å². The molecule has 0 saturated carbocycles. The van der Waals surface area contributed by atoms with Gasteiger partial charge in [-0.1, -0.05) is 0 Å². The van der Waals surface area contributed by atoms with Crippen molar-refractivity contribution in [3.05, 3.63) is 0 Å². The first-order chi connectivity index (χ1) is 3.80. The second-order valence-corrected chi connectivity index (χ2v) is 4.16. The monoisotopic (exact) mass is 139 g/mol. The van der Waals surface area contributed by atoms with Crippen LogP contribution in [0.3, 0.4) is 0 Å². The highest BCUT2D eigenvalue weighted by atomic mass is 32.2. The highest BCUT2D eigenvalue weighted by molar-refractivity contribution is 7.97. The van der Waals surface area contributed by atoms with Crippen LogP contribution in [0.5, 0.6) is 0 Å². The minimum absolute atomic E-state index is 0.512. The van der Waals surface area contributed by atoms with Gasteiger partial charge in [-0.15, -0.1) is 0 Å². The van der Waals surface area contributed by atoms with Crippen LogP contribution in [0, 0.1) is 0 Å². The Kier molecular flexibility index (Phi) is 2.11. The molecule has 0 aromatic rings. The Labute approximate surface area is 50.6 Å². The van der Waals surface area contributed by atoms with E-state index in [1.54, 1.807) is 0 Å². The molecule has 0 nitrogen and oxygen atoms in total. The minimum atomic E-state index is -2.03. The van der Waals surface area contributed by atoms with Crippen LogP contribution in [0.2, 0.25) is 0 Å². The van der Waals surface area contributed by atoms with Crippen LogP contribution >= 0.6 is 0 Å². The van der Waals surface area contributed by atoms with Crippen LogP contribution in [0.4, 0.5) is 8.78 Å². The van der Waals surface area contributed by atoms with Crippen molar-refractivity contribution in [2.75, 3.05) is 11.5 Å². The minimum Gasteiger partial charge on any atom is -0.157 e. The maximum absolute atomic E-state index is 11.8. The van der Waals surface area contributed by atoms with Gasteiger partial charge in [0.05, 0.1) is 10.9 Å². The number of rotatable bonds is 1. The number of hydrogen-bond acceptors (Lipinski definition) is 0. The SMILES string of the molecule is FC(F)[S+]1CCCC1. The van der Waals surface area contributed by atoms with E-state index in [1.807, 2.05) is 0 Å². The van der Waals surface area contributed by atoms with Crippen molar-refractivity contribution in [2.45, 2.75) is 18.6 Å². The van der Waals surface area contributed by atoms with Crippen LogP contribution in [0.1, 0.15) is 12.8 Å². The molecule has 0 aromatic carbocycles. The van der Waals surface area contributed by atoms with Crippen molar-refractivity contribution in [3.63, 3.8) is 0 Å². The van der Waals surface area contributed by atoms with Gasteiger partial charge in [-0.3, -0.25) is 0 Å². The summed E-state index contributed by atoms with van der Waals surface area (Å²) < 4.78 is 23.5. The molecule has 1 aliphatic heterocycles. The fourth-order valence-electron chi connectivity index (χ4n) is 0.855. The van der Waals surface area contributed by atoms with Crippen LogP contribution in [0.15, 0.2) is 0 Å². The van der Waals surface area contributed by atoms with Gasteiger partial charge in [-0.2, -0.15) is 8.78 Å². The van der Waals surface area contributed by atoms with Crippen molar-refractivity contribution in [3.8, 4) is 0 Å². The Balaban J connectivity index is 2.24. The summed E-state index contributed by atoms with van der Waals surface area (Å²) in [5.41, 5.74) is 0. The number of alkyl halides is 2. The van der Waals surface area contributed by atoms with Gasteiger partial charge in [0.2, 0.25) is 0 Å². The lowest BCUT2D eigenvalue weighted by molar-refractivity contribution is 0.248. The third kappa shape index (κ3) is 1.34. The molecule has 0 radical (unpaired) electrons. The maximum Gasteiger partial charge on any atom is 0.399 e. The molecule has 1 saturated heterocycles. The fourth-order valence-corrected chi connectivity index (χ4v) is 2.57. The van der Waals surface area contributed by atoms with Gasteiger partial charge >= 0.3 is 5.76 Å². The molecule has 0 amide bonds. The average Bonchev–Trinajstić information content (AvgIpc) is 2.12. The Morgan fingerprint density at radius 1 is 1.12 bits per heavy atom. The summed E-state index contributed by atoms with van der Waals surface area (Å²) in [6.07, 6.45) is 2.04. The molecule has 1 aliphatic rings. The number of halogens is 2. The molecule has 0 aromatic heterocycles. The Morgan fingerprint density at radius 3 is 1.88 bits per heavy atom. The Hall–Kier alpha value is 0.210. The largest absolute Gasteiger partial charge is 0.399 e. The smallest absolute Gasteiger partial charge is 0.157 e. The molecule has 0 atom stereocenters. The summed E-state index contributed by atoms with van der Waals surface area (Å²) >= 11 is 0. The average molecular weight is 139 g/mol. The molecule has 0 unspecified atom stereocenters. The van der Waals surface area contributed by atoms with E-state index in [9.17, 15) is 8.78 Å². The van der Waals surface area contributed by atoms with Crippen LogP contribution in [-0.4, -0.2) is 17.3 Å². The lowest BCUT2D eigenvalue weighted by atomic mass is 10.4. The molecule has 1 rings (SSSR count). The standard InChI is InChI=1S/C5H9F2S/c6-5(7)8-3-1-2-4-8/h5H,1-4H2/q+1. The summed E-state index contributed by atoms with van der Waals surface area (Å²) in [6, 6.07) is 0. The zero-order chi connectivity index (χ0) is 5.98. The highest BCUT2D eigenvalue weighted by Gasteiger charge is 2.33. The molecule has 1 fully saturated rings. The van der Waals surface area contributed by atoms with Gasteiger partial charge in [0.1, 0.15) is 11.5 Å². The second kappa shape index (κ2) is 2.67. The third-order valence-electron chi connectivity index (χ3n) is 1.32. The molecular weight excluding hydrogens is 130 g/mol. The van der Waals surface area contributed by atoms with E-state index in [0.29, 0.717) is 0 Å². The molecule has 8 heavy (non-hydrogen) atoms. The van der Waals surface area contributed by atoms with Crippen molar-refractivity contribution < 1.29 is 8.78 Å². The van der Waals surface area contributed by atoms with E-state index in [1.165, 1.54) is 0 Å². The zero-order valence-electron chi connectivity index (χ0n) is 4.57. The van der Waals surface area contributed by atoms with E-state index in [2.05, 4.69) is 0 Å². The van der Waals surface area contributed by atoms with Crippen molar-refractivity contribution in [1.82, 2.24) is 0 Å². The van der Waals surface area contributed by atoms with Crippen molar-refractivity contribution >= 4 is 10.9 Å². The Morgan fingerprint density at radius 2 is 1.62 bits per heavy atom. The Bertz CT molecular complexity index is 68.8. The highest BCUT2D eigenvalue weighted by Crippen LogP contribution is 2.19. The molecule has 0 spiro atoms. The second-order valence-electron chi connectivity index (χ2n) is 1.91. The van der Waals surface area contributed by atoms with Crippen LogP contribution in [0.25, 0.3) is 0 Å². The van der Waals surface area contributed by atoms with Gasteiger partial charge in [0, 0.05) is 0 Å². The summed E-state index contributed by atoms with van der Waals surface area (Å²) in [7, 11) is -0.512. The third-order valence-corrected chi connectivity index (χ3v) is 3.45. The first-order valence-corrected chi connectivity index (χ1v) is 4.38. The first-order valence-electron chi connectivity index (χ1n) is 2.75. The quantitative estimate of drug-likeness (QED) is 0.484. The summed E-state index contributed by atoms with van der Waals surface area (Å²) in [5.74, 6) is -0.479. The predicted molar refractivity (Wildman–Crippen MR) is 32.3 cm³/mol. The van der Waals surface area contributed by atoms with E-state index < -0.39 is 16.7 Å². The molecule has 0 aliphatic carbocycles. The van der Waals surface area contributed by atoms with Gasteiger partial charge in [-0.05, 0) is 12.8 Å². The predicted octanol–water partition coefficient (Wildman–Crippen LogP) is 1.62. The molecule has 48 valence electrons. The molecule has 1 heterocycles. The first kappa shape index (κ1) is 6.33. The van der Waals surface area contributed by atoms with Crippen molar-refractivity contribution in [1.29, 1.82) is 0 Å². The lowest BCUT2D eigenvalue weighted by Gasteiger charge is -1.94. The summed E-state index contributed by atoms with van der Waals surface area (Å²) in [4.78, 5) is 0. The van der Waals surface area contributed by atoms with Gasteiger partial charge in [0.25, 0.3) is 0 Å². The fraction of sp³-hybridized carbons (Fsp3) is 1.00. The van der Waals surface area contributed by atoms with Crippen LogP contribution in [-0.2, 0) is 10.9 Å². The number of hydrogen-bond donors (Lipinski definition) is 0.